The Morgan fingerprint density at radius 3 is 2.08 bits per heavy atom. The fourth-order valence-corrected chi connectivity index (χ4v) is 0.950. The van der Waals surface area contributed by atoms with Crippen molar-refractivity contribution >= 4 is 5.71 Å². The highest BCUT2D eigenvalue weighted by atomic mass is 16.5. The smallest absolute Gasteiger partial charge is 0.0780 e. The number of nitrogens with zero attached hydrogens (tertiary/aromatic N) is 1. The average molecular weight is 171 g/mol. The fourth-order valence-electron chi connectivity index (χ4n) is 0.950. The lowest BCUT2D eigenvalue weighted by Gasteiger charge is -2.27. The molecule has 0 aliphatic rings. The second kappa shape index (κ2) is 4.61. The number of aliphatic imine (C=N–C) groups is 1. The zero-order chi connectivity index (χ0) is 9.78. The van der Waals surface area contributed by atoms with Gasteiger partial charge in [0.2, 0.25) is 0 Å². The molecule has 0 heterocycles. The molecule has 0 saturated heterocycles. The molecule has 0 saturated carbocycles. The van der Waals surface area contributed by atoms with Gasteiger partial charge in [-0.3, -0.25) is 4.99 Å². The van der Waals surface area contributed by atoms with Crippen molar-refractivity contribution in [2.24, 2.45) is 10.4 Å². The van der Waals surface area contributed by atoms with Gasteiger partial charge >= 0.3 is 0 Å². The molecule has 72 valence electrons. The summed E-state index contributed by atoms with van der Waals surface area (Å²) in [6.07, 6.45) is 0. The molecular weight excluding hydrogens is 150 g/mol. The van der Waals surface area contributed by atoms with Gasteiger partial charge in [-0.25, -0.2) is 0 Å². The van der Waals surface area contributed by atoms with Gasteiger partial charge in [-0.15, -0.1) is 0 Å². The standard InChI is InChI=1S/C10H21NO/c1-8(2)11-9(7-12-6)10(3,4)5/h9H,7H2,1-6H3. The summed E-state index contributed by atoms with van der Waals surface area (Å²) in [6.45, 7) is 11.3. The van der Waals surface area contributed by atoms with E-state index in [1.54, 1.807) is 7.11 Å². The Bertz CT molecular complexity index is 152. The Morgan fingerprint density at radius 2 is 1.83 bits per heavy atom. The molecule has 0 rings (SSSR count). The first kappa shape index (κ1) is 11.6. The minimum atomic E-state index is 0.188. The van der Waals surface area contributed by atoms with Gasteiger partial charge < -0.3 is 4.74 Å². The van der Waals surface area contributed by atoms with Crippen molar-refractivity contribution in [3.05, 3.63) is 0 Å². The average Bonchev–Trinajstić information content (AvgIpc) is 1.83. The minimum Gasteiger partial charge on any atom is -0.382 e. The zero-order valence-electron chi connectivity index (χ0n) is 9.14. The Hall–Kier alpha value is -0.370. The van der Waals surface area contributed by atoms with Crippen LogP contribution < -0.4 is 0 Å². The first-order valence-corrected chi connectivity index (χ1v) is 4.38. The molecule has 0 amide bonds. The van der Waals surface area contributed by atoms with Crippen molar-refractivity contribution < 1.29 is 4.74 Å². The summed E-state index contributed by atoms with van der Waals surface area (Å²) in [5, 5.41) is 0. The van der Waals surface area contributed by atoms with Crippen LogP contribution in [0.25, 0.3) is 0 Å². The van der Waals surface area contributed by atoms with Gasteiger partial charge in [-0.05, 0) is 19.3 Å². The summed E-state index contributed by atoms with van der Waals surface area (Å²) in [6, 6.07) is 0.271. The summed E-state index contributed by atoms with van der Waals surface area (Å²) in [5.74, 6) is 0. The van der Waals surface area contributed by atoms with Crippen LogP contribution in [0.2, 0.25) is 0 Å². The van der Waals surface area contributed by atoms with E-state index in [0.717, 1.165) is 5.71 Å². The molecule has 0 aliphatic heterocycles. The van der Waals surface area contributed by atoms with Crippen LogP contribution in [-0.4, -0.2) is 25.5 Å². The summed E-state index contributed by atoms with van der Waals surface area (Å²) in [5.41, 5.74) is 1.31. The van der Waals surface area contributed by atoms with Gasteiger partial charge in [-0.2, -0.15) is 0 Å². The first-order chi connectivity index (χ1) is 5.38. The van der Waals surface area contributed by atoms with Gasteiger partial charge in [0.05, 0.1) is 12.6 Å². The van der Waals surface area contributed by atoms with Crippen LogP contribution in [-0.2, 0) is 4.74 Å². The lowest BCUT2D eigenvalue weighted by molar-refractivity contribution is 0.136. The highest BCUT2D eigenvalue weighted by Gasteiger charge is 2.23. The maximum absolute atomic E-state index is 5.12. The van der Waals surface area contributed by atoms with E-state index < -0.39 is 0 Å². The zero-order valence-corrected chi connectivity index (χ0v) is 9.14. The van der Waals surface area contributed by atoms with Crippen molar-refractivity contribution in [1.29, 1.82) is 0 Å². The fraction of sp³-hybridized carbons (Fsp3) is 0.900. The van der Waals surface area contributed by atoms with Crippen molar-refractivity contribution in [3.8, 4) is 0 Å². The molecule has 0 aromatic rings. The highest BCUT2D eigenvalue weighted by Crippen LogP contribution is 2.22. The maximum Gasteiger partial charge on any atom is 0.0780 e. The van der Waals surface area contributed by atoms with Crippen LogP contribution in [0.5, 0.6) is 0 Å². The van der Waals surface area contributed by atoms with Crippen molar-refractivity contribution in [2.75, 3.05) is 13.7 Å². The molecule has 0 fully saturated rings. The third-order valence-electron chi connectivity index (χ3n) is 1.74. The number of rotatable bonds is 3. The van der Waals surface area contributed by atoms with Gasteiger partial charge in [0.1, 0.15) is 0 Å². The molecule has 2 heteroatoms. The van der Waals surface area contributed by atoms with E-state index in [1.165, 1.54) is 0 Å². The van der Waals surface area contributed by atoms with Crippen LogP contribution in [0.1, 0.15) is 34.6 Å². The second-order valence-electron chi connectivity index (χ2n) is 4.41. The quantitative estimate of drug-likeness (QED) is 0.598. The first-order valence-electron chi connectivity index (χ1n) is 4.38. The predicted molar refractivity (Wildman–Crippen MR) is 53.9 cm³/mol. The van der Waals surface area contributed by atoms with Gasteiger partial charge in [0, 0.05) is 12.8 Å². The summed E-state index contributed by atoms with van der Waals surface area (Å²) < 4.78 is 5.12. The number of hydrogen-bond acceptors (Lipinski definition) is 2. The number of hydrogen-bond donors (Lipinski definition) is 0. The molecule has 12 heavy (non-hydrogen) atoms. The normalized spacial score (nSPS) is 14.2. The molecule has 0 radical (unpaired) electrons. The summed E-state index contributed by atoms with van der Waals surface area (Å²) >= 11 is 0. The van der Waals surface area contributed by atoms with Gasteiger partial charge in [-0.1, -0.05) is 20.8 Å². The molecule has 0 aromatic heterocycles. The second-order valence-corrected chi connectivity index (χ2v) is 4.41. The lowest BCUT2D eigenvalue weighted by Crippen LogP contribution is -2.29. The largest absolute Gasteiger partial charge is 0.382 e. The number of ether oxygens (including phenoxy) is 1. The molecular formula is C10H21NO. The Morgan fingerprint density at radius 1 is 1.33 bits per heavy atom. The highest BCUT2D eigenvalue weighted by molar-refractivity contribution is 5.79. The van der Waals surface area contributed by atoms with Crippen molar-refractivity contribution in [3.63, 3.8) is 0 Å². The van der Waals surface area contributed by atoms with Crippen LogP contribution in [0.4, 0.5) is 0 Å². The molecule has 0 N–H and O–H groups in total. The van der Waals surface area contributed by atoms with E-state index in [-0.39, 0.29) is 11.5 Å². The third kappa shape index (κ3) is 4.50. The molecule has 0 aliphatic carbocycles. The van der Waals surface area contributed by atoms with E-state index in [0.29, 0.717) is 6.61 Å². The van der Waals surface area contributed by atoms with E-state index in [1.807, 2.05) is 13.8 Å². The van der Waals surface area contributed by atoms with E-state index >= 15 is 0 Å². The molecule has 2 nitrogen and oxygen atoms in total. The van der Waals surface area contributed by atoms with Crippen LogP contribution >= 0.6 is 0 Å². The molecule has 0 aromatic carbocycles. The molecule has 0 spiro atoms. The predicted octanol–water partition coefficient (Wildman–Crippen LogP) is 2.53. The number of methoxy groups -OCH3 is 1. The lowest BCUT2D eigenvalue weighted by atomic mass is 9.87. The Kier molecular flexibility index (Phi) is 4.46. The third-order valence-corrected chi connectivity index (χ3v) is 1.74. The van der Waals surface area contributed by atoms with Crippen LogP contribution in [0.3, 0.4) is 0 Å². The monoisotopic (exact) mass is 171 g/mol. The Balaban J connectivity index is 4.34. The van der Waals surface area contributed by atoms with E-state index in [9.17, 15) is 0 Å². The topological polar surface area (TPSA) is 21.6 Å². The van der Waals surface area contributed by atoms with Crippen molar-refractivity contribution in [1.82, 2.24) is 0 Å². The Labute approximate surface area is 76.0 Å². The van der Waals surface area contributed by atoms with Crippen LogP contribution in [0, 0.1) is 5.41 Å². The molecule has 1 unspecified atom stereocenters. The molecule has 0 bridgehead atoms. The SMILES string of the molecule is COCC(N=C(C)C)C(C)(C)C. The summed E-state index contributed by atoms with van der Waals surface area (Å²) in [7, 11) is 1.72. The van der Waals surface area contributed by atoms with Gasteiger partial charge in [0.15, 0.2) is 0 Å². The van der Waals surface area contributed by atoms with Crippen LogP contribution in [0.15, 0.2) is 4.99 Å². The maximum atomic E-state index is 5.12. The summed E-state index contributed by atoms with van der Waals surface area (Å²) in [4.78, 5) is 4.53. The van der Waals surface area contributed by atoms with E-state index in [2.05, 4.69) is 25.8 Å². The van der Waals surface area contributed by atoms with Gasteiger partial charge in [0.25, 0.3) is 0 Å². The van der Waals surface area contributed by atoms with Crippen molar-refractivity contribution in [2.45, 2.75) is 40.7 Å². The van der Waals surface area contributed by atoms with E-state index in [4.69, 9.17) is 4.74 Å². The molecule has 1 atom stereocenters. The minimum absolute atomic E-state index is 0.188.